The first-order valence-corrected chi connectivity index (χ1v) is 7.83. The molecule has 128 valence electrons. The van der Waals surface area contributed by atoms with Gasteiger partial charge in [0.1, 0.15) is 12.8 Å². The molecule has 0 radical (unpaired) electrons. The van der Waals surface area contributed by atoms with Crippen molar-refractivity contribution in [1.29, 1.82) is 0 Å². The van der Waals surface area contributed by atoms with Crippen LogP contribution >= 0.6 is 12.2 Å². The summed E-state index contributed by atoms with van der Waals surface area (Å²) in [5, 5.41) is 0.383. The van der Waals surface area contributed by atoms with Crippen LogP contribution in [0.4, 0.5) is 11.4 Å². The van der Waals surface area contributed by atoms with Crippen molar-refractivity contribution >= 4 is 34.5 Å². The summed E-state index contributed by atoms with van der Waals surface area (Å²) in [4.78, 5) is 12.4. The molecule has 0 spiro atoms. The second-order valence-corrected chi connectivity index (χ2v) is 5.52. The molecule has 0 saturated carbocycles. The molecule has 0 aromatic heterocycles. The molecule has 0 amide bonds. The fourth-order valence-electron chi connectivity index (χ4n) is 2.19. The van der Waals surface area contributed by atoms with Crippen LogP contribution in [0.5, 0.6) is 0 Å². The van der Waals surface area contributed by atoms with Gasteiger partial charge in [-0.05, 0) is 24.4 Å². The Hall–Kier alpha value is -2.38. The van der Waals surface area contributed by atoms with E-state index >= 15 is 0 Å². The predicted molar refractivity (Wildman–Crippen MR) is 98.2 cm³/mol. The van der Waals surface area contributed by atoms with Crippen molar-refractivity contribution in [2.75, 3.05) is 33.8 Å². The Kier molecular flexibility index (Phi) is 6.34. The van der Waals surface area contributed by atoms with Crippen LogP contribution in [-0.2, 0) is 14.4 Å². The molecule has 0 unspecified atom stereocenters. The molecule has 0 heterocycles. The highest BCUT2D eigenvalue weighted by Crippen LogP contribution is 2.27. The number of anilines is 1. The highest BCUT2D eigenvalue weighted by Gasteiger charge is 2.29. The van der Waals surface area contributed by atoms with Crippen molar-refractivity contribution in [2.24, 2.45) is 0 Å². The average Bonchev–Trinajstić information content (AvgIpc) is 2.58. The monoisotopic (exact) mass is 348 g/mol. The average molecular weight is 348 g/mol. The molecule has 0 bridgehead atoms. The van der Waals surface area contributed by atoms with Crippen LogP contribution in [0.25, 0.3) is 0 Å². The quantitative estimate of drug-likeness (QED) is 0.501. The lowest BCUT2D eigenvalue weighted by molar-refractivity contribution is -0.720. The first-order valence-electron chi connectivity index (χ1n) is 7.43. The van der Waals surface area contributed by atoms with E-state index in [1.54, 1.807) is 23.9 Å². The van der Waals surface area contributed by atoms with Crippen LogP contribution in [0, 0.1) is 0 Å². The van der Waals surface area contributed by atoms with Crippen LogP contribution in [-0.4, -0.2) is 48.8 Å². The predicted octanol–water partition coefficient (Wildman–Crippen LogP) is 3.01. The van der Waals surface area contributed by atoms with Gasteiger partial charge in [0, 0.05) is 24.9 Å². The topological polar surface area (TPSA) is 46.0 Å². The molecule has 0 saturated heterocycles. The van der Waals surface area contributed by atoms with Crippen molar-refractivity contribution in [1.82, 2.24) is 4.90 Å². The van der Waals surface area contributed by atoms with Crippen LogP contribution < -0.4 is 5.48 Å². The van der Waals surface area contributed by atoms with Gasteiger partial charge in [-0.1, -0.05) is 24.3 Å². The third kappa shape index (κ3) is 4.12. The van der Waals surface area contributed by atoms with Crippen LogP contribution in [0.1, 0.15) is 6.42 Å². The summed E-state index contributed by atoms with van der Waals surface area (Å²) in [6.07, 6.45) is 6.48. The molecule has 1 aromatic rings. The highest BCUT2D eigenvalue weighted by molar-refractivity contribution is 7.80. The van der Waals surface area contributed by atoms with Crippen molar-refractivity contribution in [3.8, 4) is 0 Å². The van der Waals surface area contributed by atoms with Crippen LogP contribution in [0.15, 0.2) is 48.3 Å². The molecular formula is C17H22N3O3S+. The van der Waals surface area contributed by atoms with Gasteiger partial charge in [-0.25, -0.2) is 0 Å². The molecule has 0 atom stereocenters. The fourth-order valence-corrected chi connectivity index (χ4v) is 2.28. The van der Waals surface area contributed by atoms with Crippen molar-refractivity contribution in [3.63, 3.8) is 0 Å². The summed E-state index contributed by atoms with van der Waals surface area (Å²) < 4.78 is 7.53. The van der Waals surface area contributed by atoms with Gasteiger partial charge in [0.25, 0.3) is 16.6 Å². The zero-order valence-corrected chi connectivity index (χ0v) is 15.1. The number of hydrogen-bond acceptors (Lipinski definition) is 5. The number of benzene rings is 1. The SMILES string of the molecule is CONc1ccccc1/[N+](OC)=C1\CC=CC=C1OC(=S)N(C)C. The number of nitrogens with zero attached hydrogens (tertiary/aromatic N) is 2. The first-order chi connectivity index (χ1) is 11.6. The van der Waals surface area contributed by atoms with Crippen LogP contribution in [0.3, 0.4) is 0 Å². The summed E-state index contributed by atoms with van der Waals surface area (Å²) in [6, 6.07) is 7.67. The number of para-hydroxylation sites is 2. The lowest BCUT2D eigenvalue weighted by atomic mass is 10.1. The normalized spacial score (nSPS) is 15.4. The zero-order valence-electron chi connectivity index (χ0n) is 14.3. The maximum absolute atomic E-state index is 5.83. The molecule has 7 heteroatoms. The fraction of sp³-hybridized carbons (Fsp3) is 0.294. The maximum atomic E-state index is 5.83. The zero-order chi connectivity index (χ0) is 17.5. The van der Waals surface area contributed by atoms with Crippen molar-refractivity contribution in [2.45, 2.75) is 6.42 Å². The van der Waals surface area contributed by atoms with Crippen molar-refractivity contribution < 1.29 is 19.2 Å². The molecule has 1 N–H and O–H groups in total. The Bertz CT molecular complexity index is 696. The van der Waals surface area contributed by atoms with Crippen LogP contribution in [0.2, 0.25) is 0 Å². The van der Waals surface area contributed by atoms with Gasteiger partial charge < -0.3 is 9.64 Å². The number of nitrogens with one attached hydrogen (secondary N) is 1. The van der Waals surface area contributed by atoms with Gasteiger partial charge in [0.2, 0.25) is 5.76 Å². The van der Waals surface area contributed by atoms with E-state index in [2.05, 4.69) is 5.48 Å². The van der Waals surface area contributed by atoms with E-state index in [1.165, 1.54) is 0 Å². The summed E-state index contributed by atoms with van der Waals surface area (Å²) >= 11 is 5.25. The standard InChI is InChI=1S/C17H22N3O3S/c1-19(2)17(24)23-16-12-8-7-11-15(16)20(22-4)14-10-6-5-9-13(14)18-21-3/h5-10,12,18H,11H2,1-4H3/q+1/b20-15-. The second-order valence-electron chi connectivity index (χ2n) is 5.17. The van der Waals surface area contributed by atoms with Gasteiger partial charge in [-0.3, -0.25) is 15.2 Å². The lowest BCUT2D eigenvalue weighted by Crippen LogP contribution is -2.27. The third-order valence-corrected chi connectivity index (χ3v) is 3.75. The van der Waals surface area contributed by atoms with Gasteiger partial charge in [0.05, 0.1) is 13.5 Å². The molecule has 2 rings (SSSR count). The Labute approximate surface area is 147 Å². The summed E-state index contributed by atoms with van der Waals surface area (Å²) in [5.41, 5.74) is 5.28. The van der Waals surface area contributed by atoms with Gasteiger partial charge >= 0.3 is 0 Å². The molecule has 0 fully saturated rings. The number of hydrogen-bond donors (Lipinski definition) is 1. The smallest absolute Gasteiger partial charge is 0.283 e. The van der Waals surface area contributed by atoms with Gasteiger partial charge in [-0.15, -0.1) is 0 Å². The molecule has 6 nitrogen and oxygen atoms in total. The maximum Gasteiger partial charge on any atom is 0.283 e. The number of thiocarbonyl (C=S) groups is 1. The van der Waals surface area contributed by atoms with Crippen molar-refractivity contribution in [3.05, 3.63) is 48.3 Å². The summed E-state index contributed by atoms with van der Waals surface area (Å²) in [7, 11) is 6.85. The van der Waals surface area contributed by atoms with E-state index in [-0.39, 0.29) is 0 Å². The summed E-state index contributed by atoms with van der Waals surface area (Å²) in [6.45, 7) is 0. The first kappa shape index (κ1) is 18.0. The minimum atomic E-state index is 0.383. The van der Waals surface area contributed by atoms with E-state index in [4.69, 9.17) is 26.6 Å². The van der Waals surface area contributed by atoms with E-state index in [0.29, 0.717) is 17.4 Å². The van der Waals surface area contributed by atoms with E-state index in [9.17, 15) is 0 Å². The van der Waals surface area contributed by atoms with Gasteiger partial charge in [-0.2, -0.15) is 0 Å². The Morgan fingerprint density at radius 1 is 1.25 bits per heavy atom. The Morgan fingerprint density at radius 2 is 2.00 bits per heavy atom. The molecular weight excluding hydrogens is 326 g/mol. The second kappa shape index (κ2) is 8.47. The van der Waals surface area contributed by atoms with E-state index < -0.39 is 0 Å². The summed E-state index contributed by atoms with van der Waals surface area (Å²) in [5.74, 6) is 0.644. The third-order valence-electron chi connectivity index (χ3n) is 3.30. The Morgan fingerprint density at radius 3 is 2.67 bits per heavy atom. The van der Waals surface area contributed by atoms with E-state index in [1.807, 2.05) is 56.6 Å². The Balaban J connectivity index is 2.47. The largest absolute Gasteiger partial charge is 0.425 e. The molecule has 24 heavy (non-hydrogen) atoms. The number of allylic oxidation sites excluding steroid dienone is 4. The van der Waals surface area contributed by atoms with E-state index in [0.717, 1.165) is 17.1 Å². The molecule has 1 aromatic carbocycles. The molecule has 1 aliphatic carbocycles. The lowest BCUT2D eigenvalue weighted by Gasteiger charge is -2.17. The number of ether oxygens (including phenoxy) is 1. The molecule has 1 aliphatic rings. The minimum Gasteiger partial charge on any atom is -0.425 e. The number of rotatable bonds is 5. The van der Waals surface area contributed by atoms with Gasteiger partial charge in [0.15, 0.2) is 0 Å². The minimum absolute atomic E-state index is 0.383. The molecule has 0 aliphatic heterocycles. The highest BCUT2D eigenvalue weighted by atomic mass is 32.1.